The van der Waals surface area contributed by atoms with E-state index in [4.69, 9.17) is 4.74 Å². The van der Waals surface area contributed by atoms with E-state index in [1.165, 1.54) is 0 Å². The van der Waals surface area contributed by atoms with Crippen LogP contribution < -0.4 is 5.32 Å². The minimum absolute atomic E-state index is 0.173. The largest absolute Gasteiger partial charge is 0.465 e. The third-order valence-electron chi connectivity index (χ3n) is 2.53. The predicted octanol–water partition coefficient (Wildman–Crippen LogP) is 0.854. The highest BCUT2D eigenvalue weighted by atomic mass is 16.5. The number of para-hydroxylation sites is 1. The van der Waals surface area contributed by atoms with Gasteiger partial charge in [0.2, 0.25) is 5.78 Å². The number of hydrogen-bond donors (Lipinski definition) is 1. The molecule has 0 fully saturated rings. The maximum atomic E-state index is 11.7. The second-order valence-electron chi connectivity index (χ2n) is 3.59. The maximum Gasteiger partial charge on any atom is 0.321 e. The molecule has 5 nitrogen and oxygen atoms in total. The average molecular weight is 233 g/mol. The van der Waals surface area contributed by atoms with Crippen LogP contribution in [0.3, 0.4) is 0 Å². The average Bonchev–Trinajstić information content (AvgIpc) is 2.31. The van der Waals surface area contributed by atoms with E-state index < -0.39 is 23.6 Å². The quantitative estimate of drug-likeness (QED) is 0.467. The van der Waals surface area contributed by atoms with Crippen molar-refractivity contribution in [3.63, 3.8) is 0 Å². The molecule has 0 bridgehead atoms. The van der Waals surface area contributed by atoms with Gasteiger partial charge in [-0.2, -0.15) is 0 Å². The van der Waals surface area contributed by atoms with Crippen LogP contribution >= 0.6 is 0 Å². The summed E-state index contributed by atoms with van der Waals surface area (Å²) in [5.41, 5.74) is 0.964. The lowest BCUT2D eigenvalue weighted by Crippen LogP contribution is -2.38. The Hall–Kier alpha value is -2.17. The van der Waals surface area contributed by atoms with Gasteiger partial charge in [-0.1, -0.05) is 18.2 Å². The Morgan fingerprint density at radius 2 is 2.06 bits per heavy atom. The number of ketones is 1. The summed E-state index contributed by atoms with van der Waals surface area (Å²) in [4.78, 5) is 34.8. The molecule has 17 heavy (non-hydrogen) atoms. The van der Waals surface area contributed by atoms with E-state index in [1.807, 2.05) is 0 Å². The molecule has 1 aliphatic rings. The molecule has 0 spiro atoms. The van der Waals surface area contributed by atoms with Crippen molar-refractivity contribution in [3.05, 3.63) is 29.8 Å². The van der Waals surface area contributed by atoms with Gasteiger partial charge in [0.15, 0.2) is 5.92 Å². The molecule has 0 saturated carbocycles. The number of hydrogen-bond acceptors (Lipinski definition) is 4. The van der Waals surface area contributed by atoms with Crippen molar-refractivity contribution in [1.29, 1.82) is 0 Å². The minimum Gasteiger partial charge on any atom is -0.465 e. The van der Waals surface area contributed by atoms with Gasteiger partial charge in [-0.25, -0.2) is 0 Å². The Balaban J connectivity index is 2.45. The zero-order valence-electron chi connectivity index (χ0n) is 9.23. The molecule has 2 rings (SSSR count). The fourth-order valence-electron chi connectivity index (χ4n) is 1.78. The highest BCUT2D eigenvalue weighted by molar-refractivity contribution is 6.47. The van der Waals surface area contributed by atoms with Gasteiger partial charge in [-0.3, -0.25) is 14.4 Å². The van der Waals surface area contributed by atoms with Crippen molar-refractivity contribution in [2.45, 2.75) is 12.8 Å². The summed E-state index contributed by atoms with van der Waals surface area (Å²) >= 11 is 0. The van der Waals surface area contributed by atoms with Crippen LogP contribution in [0.4, 0.5) is 5.69 Å². The normalized spacial score (nSPS) is 18.3. The van der Waals surface area contributed by atoms with Crippen molar-refractivity contribution in [2.24, 2.45) is 0 Å². The van der Waals surface area contributed by atoms with Crippen LogP contribution in [0.15, 0.2) is 24.3 Å². The lowest BCUT2D eigenvalue weighted by Gasteiger charge is -2.22. The molecule has 0 radical (unpaired) electrons. The zero-order valence-corrected chi connectivity index (χ0v) is 9.23. The zero-order chi connectivity index (χ0) is 12.4. The summed E-state index contributed by atoms with van der Waals surface area (Å²) in [6.45, 7) is 1.82. The molecule has 1 aliphatic heterocycles. The molecule has 1 heterocycles. The number of amides is 1. The standard InChI is InChI=1S/C12H11NO4/c1-2-17-12(16)9-7-5-3-4-6-8(7)13-11(15)10(9)14/h3-6,9H,2H2,1H3,(H,13,15). The minimum atomic E-state index is -1.14. The molecule has 1 unspecified atom stereocenters. The molecule has 5 heteroatoms. The summed E-state index contributed by atoms with van der Waals surface area (Å²) in [7, 11) is 0. The van der Waals surface area contributed by atoms with E-state index in [0.29, 0.717) is 11.3 Å². The molecule has 88 valence electrons. The number of benzene rings is 1. The number of carbonyl (C=O) groups is 3. The Morgan fingerprint density at radius 3 is 2.76 bits per heavy atom. The van der Waals surface area contributed by atoms with Crippen molar-refractivity contribution < 1.29 is 19.1 Å². The first-order valence-electron chi connectivity index (χ1n) is 5.26. The molecular weight excluding hydrogens is 222 g/mol. The van der Waals surface area contributed by atoms with E-state index in [0.717, 1.165) is 0 Å². The number of ether oxygens (including phenoxy) is 1. The number of Topliss-reactive ketones (excluding diaryl/α,β-unsaturated/α-hetero) is 1. The first-order valence-corrected chi connectivity index (χ1v) is 5.26. The van der Waals surface area contributed by atoms with Gasteiger partial charge in [0, 0.05) is 5.69 Å². The van der Waals surface area contributed by atoms with Crippen molar-refractivity contribution in [2.75, 3.05) is 11.9 Å². The summed E-state index contributed by atoms with van der Waals surface area (Å²) in [6, 6.07) is 6.70. The summed E-state index contributed by atoms with van der Waals surface area (Å²) < 4.78 is 4.82. The van der Waals surface area contributed by atoms with Gasteiger partial charge in [0.05, 0.1) is 6.61 Å². The Morgan fingerprint density at radius 1 is 1.35 bits per heavy atom. The van der Waals surface area contributed by atoms with Crippen molar-refractivity contribution in [1.82, 2.24) is 0 Å². The van der Waals surface area contributed by atoms with Gasteiger partial charge >= 0.3 is 5.97 Å². The van der Waals surface area contributed by atoms with E-state index in [1.54, 1.807) is 31.2 Å². The first-order chi connectivity index (χ1) is 8.15. The molecule has 1 atom stereocenters. The number of nitrogens with one attached hydrogen (secondary N) is 1. The number of fused-ring (bicyclic) bond motifs is 1. The van der Waals surface area contributed by atoms with Crippen molar-refractivity contribution in [3.8, 4) is 0 Å². The van der Waals surface area contributed by atoms with E-state index in [9.17, 15) is 14.4 Å². The second kappa shape index (κ2) is 4.37. The highest BCUT2D eigenvalue weighted by Crippen LogP contribution is 2.30. The number of esters is 1. The Bertz CT molecular complexity index is 495. The molecule has 1 amide bonds. The van der Waals surface area contributed by atoms with Crippen LogP contribution in [0.2, 0.25) is 0 Å². The smallest absolute Gasteiger partial charge is 0.321 e. The SMILES string of the molecule is CCOC(=O)C1C(=O)C(=O)Nc2ccccc21. The van der Waals surface area contributed by atoms with Gasteiger partial charge < -0.3 is 10.1 Å². The fourth-order valence-corrected chi connectivity index (χ4v) is 1.78. The monoisotopic (exact) mass is 233 g/mol. The van der Waals surface area contributed by atoms with E-state index in [2.05, 4.69) is 5.32 Å². The molecule has 1 aromatic rings. The molecule has 0 aromatic heterocycles. The highest BCUT2D eigenvalue weighted by Gasteiger charge is 2.39. The van der Waals surface area contributed by atoms with Gasteiger partial charge in [-0.05, 0) is 18.6 Å². The second-order valence-corrected chi connectivity index (χ2v) is 3.59. The Labute approximate surface area is 97.8 Å². The van der Waals surface area contributed by atoms with Crippen LogP contribution in [-0.4, -0.2) is 24.3 Å². The van der Waals surface area contributed by atoms with Crippen LogP contribution in [0, 0.1) is 0 Å². The van der Waals surface area contributed by atoms with E-state index in [-0.39, 0.29) is 6.61 Å². The van der Waals surface area contributed by atoms with E-state index >= 15 is 0 Å². The third-order valence-corrected chi connectivity index (χ3v) is 2.53. The van der Waals surface area contributed by atoms with Crippen LogP contribution in [0.1, 0.15) is 18.4 Å². The van der Waals surface area contributed by atoms with Crippen LogP contribution in [0.5, 0.6) is 0 Å². The van der Waals surface area contributed by atoms with Gasteiger partial charge in [0.1, 0.15) is 0 Å². The third kappa shape index (κ3) is 1.91. The summed E-state index contributed by atoms with van der Waals surface area (Å²) in [5.74, 6) is -3.37. The number of rotatable bonds is 2. The van der Waals surface area contributed by atoms with Gasteiger partial charge in [-0.15, -0.1) is 0 Å². The summed E-state index contributed by atoms with van der Waals surface area (Å²) in [5, 5.41) is 2.44. The summed E-state index contributed by atoms with van der Waals surface area (Å²) in [6.07, 6.45) is 0. The number of anilines is 1. The van der Waals surface area contributed by atoms with Crippen molar-refractivity contribution >= 4 is 23.3 Å². The lowest BCUT2D eigenvalue weighted by molar-refractivity contribution is -0.150. The molecular formula is C12H11NO4. The Kier molecular flexibility index (Phi) is 2.91. The predicted molar refractivity (Wildman–Crippen MR) is 59.5 cm³/mol. The fraction of sp³-hybridized carbons (Fsp3) is 0.250. The lowest BCUT2D eigenvalue weighted by atomic mass is 9.89. The number of carbonyl (C=O) groups excluding carboxylic acids is 3. The van der Waals surface area contributed by atoms with Crippen LogP contribution in [-0.2, 0) is 19.1 Å². The molecule has 0 saturated heterocycles. The van der Waals surface area contributed by atoms with Gasteiger partial charge in [0.25, 0.3) is 5.91 Å². The molecule has 1 aromatic carbocycles. The molecule has 0 aliphatic carbocycles. The maximum absolute atomic E-state index is 11.7. The topological polar surface area (TPSA) is 72.5 Å². The molecule has 1 N–H and O–H groups in total. The van der Waals surface area contributed by atoms with Crippen LogP contribution in [0.25, 0.3) is 0 Å². The first kappa shape index (κ1) is 11.3.